The molecule has 212 valence electrons. The van der Waals surface area contributed by atoms with E-state index in [1.807, 2.05) is 27.7 Å². The van der Waals surface area contributed by atoms with Gasteiger partial charge in [0.1, 0.15) is 0 Å². The Labute approximate surface area is 272 Å². The molecule has 3 aliphatic heterocycles. The van der Waals surface area contributed by atoms with Gasteiger partial charge in [-0.3, -0.25) is 0 Å². The van der Waals surface area contributed by atoms with Gasteiger partial charge in [0.2, 0.25) is 0 Å². The first-order chi connectivity index (χ1) is 18.0. The first-order valence-electron chi connectivity index (χ1n) is 14.5. The Balaban J connectivity index is 0.00000110. The van der Waals surface area contributed by atoms with Crippen molar-refractivity contribution < 1.29 is 32.7 Å². The van der Waals surface area contributed by atoms with Crippen molar-refractivity contribution in [3.05, 3.63) is 104 Å². The van der Waals surface area contributed by atoms with Gasteiger partial charge in [-0.25, -0.2) is 18.1 Å². The van der Waals surface area contributed by atoms with Gasteiger partial charge in [-0.05, 0) is 65.6 Å². The van der Waals surface area contributed by atoms with Gasteiger partial charge >= 0.3 is 32.7 Å². The van der Waals surface area contributed by atoms with Crippen LogP contribution in [0.3, 0.4) is 0 Å². The van der Waals surface area contributed by atoms with Crippen LogP contribution < -0.4 is 9.80 Å². The zero-order valence-electron chi connectivity index (χ0n) is 26.8. The van der Waals surface area contributed by atoms with Crippen molar-refractivity contribution in [1.29, 1.82) is 0 Å². The third-order valence-electron chi connectivity index (χ3n) is 8.14. The van der Waals surface area contributed by atoms with E-state index in [1.54, 1.807) is 5.57 Å². The molecule has 2 aromatic rings. The monoisotopic (exact) mass is 612 g/mol. The molecule has 0 saturated carbocycles. The second-order valence-electron chi connectivity index (χ2n) is 10.3. The van der Waals surface area contributed by atoms with E-state index < -0.39 is 0 Å². The van der Waals surface area contributed by atoms with Crippen LogP contribution in [0.4, 0.5) is 22.7 Å². The predicted octanol–water partition coefficient (Wildman–Crippen LogP) is 11.2. The second-order valence-corrected chi connectivity index (χ2v) is 10.3. The molecule has 0 N–H and O–H groups in total. The van der Waals surface area contributed by atoms with E-state index in [9.17, 15) is 0 Å². The molecule has 2 nitrogen and oxygen atoms in total. The summed E-state index contributed by atoms with van der Waals surface area (Å²) in [5.74, 6) is 1.32. The van der Waals surface area contributed by atoms with Crippen LogP contribution in [0.1, 0.15) is 79.4 Å². The average molecular weight is 613 g/mol. The fourth-order valence-corrected chi connectivity index (χ4v) is 5.70. The van der Waals surface area contributed by atoms with Crippen molar-refractivity contribution in [3.8, 4) is 0 Å². The Kier molecular flexibility index (Phi) is 14.2. The Morgan fingerprint density at radius 1 is 0.650 bits per heavy atom. The maximum atomic E-state index is 2.55. The first-order valence-corrected chi connectivity index (χ1v) is 14.5. The molecule has 0 spiro atoms. The quantitative estimate of drug-likeness (QED) is 0.310. The van der Waals surface area contributed by atoms with Crippen molar-refractivity contribution in [1.82, 2.24) is 0 Å². The van der Waals surface area contributed by atoms with Crippen LogP contribution in [-0.4, -0.2) is 13.1 Å². The number of benzene rings is 2. The van der Waals surface area contributed by atoms with Crippen LogP contribution in [0.15, 0.2) is 71.8 Å². The molecule has 5 aliphatic rings. The van der Waals surface area contributed by atoms with E-state index in [4.69, 9.17) is 0 Å². The molecule has 0 fully saturated rings. The molecule has 2 bridgehead atoms. The SMILES string of the molecule is CC.CC.C[CH-]C1=CC=C(c2ccc3c(c2)N2CCN3c3ccc(C4=CC=C(C(C)C(C)C)C4)cc32)C1.[CH3-].[CH3-].[Y+3]. The van der Waals surface area contributed by atoms with E-state index in [2.05, 4.69) is 105 Å². The zero-order chi connectivity index (χ0) is 26.7. The van der Waals surface area contributed by atoms with Gasteiger partial charge in [0.15, 0.2) is 0 Å². The van der Waals surface area contributed by atoms with E-state index >= 15 is 0 Å². The minimum Gasteiger partial charge on any atom is -0.358 e. The molecule has 0 aromatic heterocycles. The van der Waals surface area contributed by atoms with Crippen molar-refractivity contribution in [2.45, 2.75) is 68.2 Å². The molecule has 1 unspecified atom stereocenters. The number of anilines is 4. The summed E-state index contributed by atoms with van der Waals surface area (Å²) in [4.78, 5) is 5.06. The summed E-state index contributed by atoms with van der Waals surface area (Å²) in [6, 6.07) is 14.1. The van der Waals surface area contributed by atoms with Gasteiger partial charge in [-0.2, -0.15) is 0 Å². The Morgan fingerprint density at radius 3 is 1.60 bits per heavy atom. The number of rotatable bonds is 5. The standard InChI is InChI=1S/C31H33N2.2C2H6.2CH3.Y/c1-5-22-6-7-24(16-22)26-10-12-28-30(18-26)33-15-14-32(28)29-13-11-27(19-31(29)33)25-9-8-23(17-25)21(4)20(2)3;2*1-2;;;/h5-13,18-21H,14-17H2,1-4H3;2*1-2H3;2*1H3;/q-1;;;2*-1;+3. The summed E-state index contributed by atoms with van der Waals surface area (Å²) in [6.07, 6.45) is 13.6. The van der Waals surface area contributed by atoms with Crippen molar-refractivity contribution in [2.75, 3.05) is 22.9 Å². The summed E-state index contributed by atoms with van der Waals surface area (Å²) < 4.78 is 0. The fraction of sp³-hybridized carbons (Fsp3) is 0.378. The number of hydrogen-bond donors (Lipinski definition) is 0. The smallest absolute Gasteiger partial charge is 0.358 e. The van der Waals surface area contributed by atoms with Gasteiger partial charge in [0.05, 0.1) is 22.7 Å². The molecular weight excluding hydrogens is 561 g/mol. The molecule has 3 heteroatoms. The topological polar surface area (TPSA) is 6.48 Å². The maximum absolute atomic E-state index is 2.55. The molecule has 2 aromatic carbocycles. The van der Waals surface area contributed by atoms with Gasteiger partial charge in [0.25, 0.3) is 0 Å². The normalized spacial score (nSPS) is 16.1. The third-order valence-corrected chi connectivity index (χ3v) is 8.14. The summed E-state index contributed by atoms with van der Waals surface area (Å²) in [6.45, 7) is 19.2. The maximum Gasteiger partial charge on any atom is 3.00 e. The molecule has 7 rings (SSSR count). The molecule has 0 amide bonds. The van der Waals surface area contributed by atoms with Crippen LogP contribution in [-0.2, 0) is 32.7 Å². The van der Waals surface area contributed by atoms with Crippen molar-refractivity contribution >= 4 is 33.9 Å². The van der Waals surface area contributed by atoms with Crippen LogP contribution >= 0.6 is 0 Å². The van der Waals surface area contributed by atoms with Crippen LogP contribution in [0.5, 0.6) is 0 Å². The molecule has 1 atom stereocenters. The summed E-state index contributed by atoms with van der Waals surface area (Å²) in [5, 5.41) is 0. The van der Waals surface area contributed by atoms with Crippen molar-refractivity contribution in [2.24, 2.45) is 11.8 Å². The molecule has 3 heterocycles. The molecule has 0 saturated heterocycles. The Hall–Kier alpha value is -2.03. The number of nitrogens with zero attached hydrogens (tertiary/aromatic N) is 2. The Morgan fingerprint density at radius 2 is 1.12 bits per heavy atom. The summed E-state index contributed by atoms with van der Waals surface area (Å²) in [7, 11) is 0. The van der Waals surface area contributed by atoms with Crippen LogP contribution in [0.25, 0.3) is 11.1 Å². The van der Waals surface area contributed by atoms with Crippen molar-refractivity contribution in [3.63, 3.8) is 0 Å². The van der Waals surface area contributed by atoms with E-state index in [0.717, 1.165) is 25.9 Å². The molecule has 40 heavy (non-hydrogen) atoms. The largest absolute Gasteiger partial charge is 3.00 e. The van der Waals surface area contributed by atoms with Crippen LogP contribution in [0.2, 0.25) is 0 Å². The molecular formula is C37H51N2Y. The first kappa shape index (κ1) is 36.0. The molecule has 0 radical (unpaired) electrons. The van der Waals surface area contributed by atoms with Gasteiger partial charge < -0.3 is 24.7 Å². The minimum absolute atomic E-state index is 0. The third kappa shape index (κ3) is 6.71. The van der Waals surface area contributed by atoms with Gasteiger partial charge in [-0.1, -0.05) is 83.9 Å². The van der Waals surface area contributed by atoms with E-state index in [0.29, 0.717) is 11.8 Å². The minimum atomic E-state index is 0. The summed E-state index contributed by atoms with van der Waals surface area (Å²) in [5.41, 5.74) is 14.0. The predicted molar refractivity (Wildman–Crippen MR) is 178 cm³/mol. The summed E-state index contributed by atoms with van der Waals surface area (Å²) >= 11 is 0. The zero-order valence-corrected chi connectivity index (χ0v) is 29.6. The average Bonchev–Trinajstić information content (AvgIpc) is 3.65. The van der Waals surface area contributed by atoms with Crippen LogP contribution in [0, 0.1) is 33.1 Å². The van der Waals surface area contributed by atoms with E-state index in [1.165, 1.54) is 50.6 Å². The van der Waals surface area contributed by atoms with E-state index in [-0.39, 0.29) is 47.6 Å². The fourth-order valence-electron chi connectivity index (χ4n) is 5.70. The number of fused-ring (bicyclic) bond motifs is 1. The number of allylic oxidation sites excluding steroid dienone is 8. The number of hydrogen-bond acceptors (Lipinski definition) is 2. The second kappa shape index (κ2) is 15.8. The Bertz CT molecular complexity index is 1260. The van der Waals surface area contributed by atoms with Gasteiger partial charge in [-0.15, -0.1) is 13.0 Å². The van der Waals surface area contributed by atoms with Gasteiger partial charge in [0, 0.05) is 13.1 Å². The molecule has 2 aliphatic carbocycles.